The minimum absolute atomic E-state index is 0.0320. The van der Waals surface area contributed by atoms with Crippen molar-refractivity contribution in [1.82, 2.24) is 29.2 Å². The molecule has 12 heteroatoms. The van der Waals surface area contributed by atoms with Gasteiger partial charge in [0.1, 0.15) is 11.4 Å². The van der Waals surface area contributed by atoms with Crippen LogP contribution in [0.1, 0.15) is 25.8 Å². The normalized spacial score (nSPS) is 16.4. The van der Waals surface area contributed by atoms with Crippen molar-refractivity contribution < 1.29 is 21.9 Å². The topological polar surface area (TPSA) is 95.1 Å². The zero-order chi connectivity index (χ0) is 27.1. The second kappa shape index (κ2) is 10.1. The molecule has 38 heavy (non-hydrogen) atoms. The highest BCUT2D eigenvalue weighted by atomic mass is 32.2. The Kier molecular flexibility index (Phi) is 6.95. The summed E-state index contributed by atoms with van der Waals surface area (Å²) >= 11 is 0. The van der Waals surface area contributed by atoms with Crippen LogP contribution in [0, 0.1) is 0 Å². The van der Waals surface area contributed by atoms with Gasteiger partial charge >= 0.3 is 6.61 Å². The highest BCUT2D eigenvalue weighted by molar-refractivity contribution is 7.91. The first-order chi connectivity index (χ1) is 18.0. The van der Waals surface area contributed by atoms with E-state index >= 15 is 0 Å². The molecule has 1 aliphatic heterocycles. The van der Waals surface area contributed by atoms with Crippen molar-refractivity contribution in [2.45, 2.75) is 38.8 Å². The quantitative estimate of drug-likeness (QED) is 0.332. The van der Waals surface area contributed by atoms with Crippen LogP contribution in [0.25, 0.3) is 28.0 Å². The molecule has 5 heterocycles. The molecule has 1 aliphatic rings. The van der Waals surface area contributed by atoms with Crippen molar-refractivity contribution in [3.63, 3.8) is 0 Å². The second-order valence-electron chi connectivity index (χ2n) is 10.2. The number of alkyl halides is 2. The number of fused-ring (bicyclic) bond motifs is 1. The van der Waals surface area contributed by atoms with Gasteiger partial charge < -0.3 is 4.74 Å². The van der Waals surface area contributed by atoms with Crippen LogP contribution in [-0.2, 0) is 23.3 Å². The van der Waals surface area contributed by atoms with Crippen molar-refractivity contribution in [1.29, 1.82) is 0 Å². The molecule has 9 nitrogen and oxygen atoms in total. The molecule has 5 rings (SSSR count). The van der Waals surface area contributed by atoms with Crippen molar-refractivity contribution in [2.24, 2.45) is 7.05 Å². The van der Waals surface area contributed by atoms with Crippen LogP contribution in [0.15, 0.2) is 49.2 Å². The van der Waals surface area contributed by atoms with Gasteiger partial charge in [-0.1, -0.05) is 0 Å². The molecule has 1 fully saturated rings. The molecule has 0 atom stereocenters. The van der Waals surface area contributed by atoms with Gasteiger partial charge in [-0.3, -0.25) is 19.1 Å². The Hall–Kier alpha value is -3.38. The summed E-state index contributed by atoms with van der Waals surface area (Å²) in [7, 11) is -1.10. The zero-order valence-corrected chi connectivity index (χ0v) is 22.3. The van der Waals surface area contributed by atoms with E-state index in [0.29, 0.717) is 30.0 Å². The molecule has 0 aliphatic carbocycles. The first-order valence-electron chi connectivity index (χ1n) is 12.4. The van der Waals surface area contributed by atoms with E-state index in [1.54, 1.807) is 17.1 Å². The van der Waals surface area contributed by atoms with Crippen molar-refractivity contribution >= 4 is 20.9 Å². The summed E-state index contributed by atoms with van der Waals surface area (Å²) in [4.78, 5) is 11.2. The average molecular weight is 545 g/mol. The number of ether oxygens (including phenoxy) is 1. The van der Waals surface area contributed by atoms with Gasteiger partial charge in [0.25, 0.3) is 0 Å². The van der Waals surface area contributed by atoms with Crippen LogP contribution < -0.4 is 4.74 Å². The number of halogens is 2. The Morgan fingerprint density at radius 3 is 2.55 bits per heavy atom. The van der Waals surface area contributed by atoms with E-state index in [1.807, 2.05) is 29.9 Å². The Morgan fingerprint density at radius 1 is 1.11 bits per heavy atom. The lowest BCUT2D eigenvalue weighted by Gasteiger charge is -2.41. The number of hydrogen-bond acceptors (Lipinski definition) is 7. The molecule has 0 spiro atoms. The third-order valence-corrected chi connectivity index (χ3v) is 8.75. The predicted molar refractivity (Wildman–Crippen MR) is 140 cm³/mol. The van der Waals surface area contributed by atoms with Gasteiger partial charge in [-0.15, -0.1) is 0 Å². The molecule has 0 N–H and O–H groups in total. The van der Waals surface area contributed by atoms with E-state index in [-0.39, 0.29) is 22.8 Å². The van der Waals surface area contributed by atoms with E-state index in [9.17, 15) is 17.2 Å². The summed E-state index contributed by atoms with van der Waals surface area (Å²) in [6.07, 6.45) is 10.1. The monoisotopic (exact) mass is 544 g/mol. The van der Waals surface area contributed by atoms with Gasteiger partial charge in [0.15, 0.2) is 9.84 Å². The number of pyridine rings is 2. The standard InChI is InChI=1S/C26H30F2N6O3S/c1-26(2,33-8-10-38(35,36)11-9-33)7-6-18-16-34(20-14-30-32(3)17-20)24-22(18)4-5-23(31-24)19-12-21(15-29-13-19)37-25(27)28/h4-5,12-17,25H,6-11H2,1-3H3. The molecule has 0 unspecified atom stereocenters. The van der Waals surface area contributed by atoms with Crippen LogP contribution in [0.4, 0.5) is 8.78 Å². The van der Waals surface area contributed by atoms with Crippen LogP contribution in [0.2, 0.25) is 0 Å². The van der Waals surface area contributed by atoms with Gasteiger partial charge in [-0.05, 0) is 50.5 Å². The van der Waals surface area contributed by atoms with Crippen molar-refractivity contribution in [3.05, 3.63) is 54.7 Å². The molecule has 1 saturated heterocycles. The van der Waals surface area contributed by atoms with E-state index in [0.717, 1.165) is 29.5 Å². The third-order valence-electron chi connectivity index (χ3n) is 7.14. The van der Waals surface area contributed by atoms with Crippen LogP contribution in [0.3, 0.4) is 0 Å². The van der Waals surface area contributed by atoms with Crippen LogP contribution in [-0.4, -0.2) is 74.4 Å². The van der Waals surface area contributed by atoms with Gasteiger partial charge in [0, 0.05) is 55.2 Å². The second-order valence-corrected chi connectivity index (χ2v) is 12.5. The maximum absolute atomic E-state index is 12.7. The summed E-state index contributed by atoms with van der Waals surface area (Å²) in [6, 6.07) is 5.33. The fourth-order valence-electron chi connectivity index (χ4n) is 4.90. The van der Waals surface area contributed by atoms with E-state index in [2.05, 4.69) is 39.8 Å². The smallest absolute Gasteiger partial charge is 0.387 e. The maximum atomic E-state index is 12.7. The lowest BCUT2D eigenvalue weighted by atomic mass is 9.93. The summed E-state index contributed by atoms with van der Waals surface area (Å²) < 4.78 is 57.4. The first-order valence-corrected chi connectivity index (χ1v) is 14.2. The maximum Gasteiger partial charge on any atom is 0.387 e. The number of aromatic nitrogens is 5. The van der Waals surface area contributed by atoms with Gasteiger partial charge in [0.2, 0.25) is 0 Å². The van der Waals surface area contributed by atoms with E-state index in [1.165, 1.54) is 12.3 Å². The first kappa shape index (κ1) is 26.2. The Bertz CT molecular complexity index is 1550. The zero-order valence-electron chi connectivity index (χ0n) is 21.5. The predicted octanol–water partition coefficient (Wildman–Crippen LogP) is 3.86. The number of rotatable bonds is 8. The van der Waals surface area contributed by atoms with Gasteiger partial charge in [-0.2, -0.15) is 13.9 Å². The fraction of sp³-hybridized carbons (Fsp3) is 0.423. The van der Waals surface area contributed by atoms with E-state index < -0.39 is 16.4 Å². The highest BCUT2D eigenvalue weighted by Gasteiger charge is 2.32. The largest absolute Gasteiger partial charge is 0.433 e. The molecule has 0 aromatic carbocycles. The SMILES string of the molecule is Cn1cc(-n2cc(CCC(C)(C)N3CCS(=O)(=O)CC3)c3ccc(-c4cncc(OC(F)F)c4)nc32)cn1. The van der Waals surface area contributed by atoms with E-state index in [4.69, 9.17) is 4.98 Å². The Morgan fingerprint density at radius 2 is 1.87 bits per heavy atom. The molecule has 4 aromatic rings. The number of aryl methyl sites for hydroxylation is 2. The molecule has 0 bridgehead atoms. The molecule has 202 valence electrons. The molecule has 0 saturated carbocycles. The van der Waals surface area contributed by atoms with Crippen LogP contribution in [0.5, 0.6) is 5.75 Å². The Balaban J connectivity index is 1.47. The minimum Gasteiger partial charge on any atom is -0.433 e. The van der Waals surface area contributed by atoms with Gasteiger partial charge in [0.05, 0.1) is 35.3 Å². The lowest BCUT2D eigenvalue weighted by molar-refractivity contribution is -0.0500. The van der Waals surface area contributed by atoms with Crippen molar-refractivity contribution in [3.8, 4) is 22.7 Å². The molecule has 0 amide bonds. The molecular formula is C26H30F2N6O3S. The lowest BCUT2D eigenvalue weighted by Crippen LogP contribution is -2.51. The summed E-state index contributed by atoms with van der Waals surface area (Å²) in [6.45, 7) is 2.46. The van der Waals surface area contributed by atoms with Gasteiger partial charge in [-0.25, -0.2) is 13.4 Å². The molecular weight excluding hydrogens is 514 g/mol. The summed E-state index contributed by atoms with van der Waals surface area (Å²) in [5.41, 5.74) is 3.63. The molecule has 0 radical (unpaired) electrons. The third kappa shape index (κ3) is 5.56. The average Bonchev–Trinajstić information content (AvgIpc) is 3.45. The fourth-order valence-corrected chi connectivity index (χ4v) is 6.10. The number of sulfone groups is 1. The summed E-state index contributed by atoms with van der Waals surface area (Å²) in [5, 5.41) is 5.28. The highest BCUT2D eigenvalue weighted by Crippen LogP contribution is 2.31. The summed E-state index contributed by atoms with van der Waals surface area (Å²) in [5.74, 6) is 0.361. The minimum atomic E-state index is -2.94. The Labute approximate surface area is 220 Å². The molecule has 4 aromatic heterocycles. The van der Waals surface area contributed by atoms with Crippen molar-refractivity contribution in [2.75, 3.05) is 24.6 Å². The number of hydrogen-bond donors (Lipinski definition) is 0. The number of nitrogens with zero attached hydrogens (tertiary/aromatic N) is 6. The van der Waals surface area contributed by atoms with Crippen LogP contribution >= 0.6 is 0 Å².